The Morgan fingerprint density at radius 3 is 2.63 bits per heavy atom. The largest absolute Gasteiger partial charge is 0.439 e. The van der Waals surface area contributed by atoms with Crippen LogP contribution in [-0.2, 0) is 10.2 Å². The fraction of sp³-hybridized carbons (Fsp3) is 0.174. The Morgan fingerprint density at radius 2 is 1.87 bits per heavy atom. The van der Waals surface area contributed by atoms with Gasteiger partial charge in [0.05, 0.1) is 5.39 Å². The lowest BCUT2D eigenvalue weighted by Crippen LogP contribution is -2.48. The molecule has 1 aromatic heterocycles. The van der Waals surface area contributed by atoms with Crippen LogP contribution in [0.3, 0.4) is 0 Å². The molecule has 2 N–H and O–H groups in total. The van der Waals surface area contributed by atoms with Gasteiger partial charge in [0, 0.05) is 17.8 Å². The molecule has 148 valence electrons. The lowest BCUT2D eigenvalue weighted by Gasteiger charge is -2.33. The lowest BCUT2D eigenvalue weighted by atomic mass is 9.69. The molecule has 2 aliphatic heterocycles. The molecule has 2 aromatic carbocycles. The Labute approximate surface area is 171 Å². The summed E-state index contributed by atoms with van der Waals surface area (Å²) in [6.07, 6.45) is 0.701. The van der Waals surface area contributed by atoms with Gasteiger partial charge in [-0.1, -0.05) is 37.3 Å². The highest BCUT2D eigenvalue weighted by Crippen LogP contribution is 2.55. The van der Waals surface area contributed by atoms with E-state index in [0.29, 0.717) is 35.2 Å². The van der Waals surface area contributed by atoms with Crippen LogP contribution in [0.25, 0.3) is 11.0 Å². The Bertz CT molecular complexity index is 1360. The van der Waals surface area contributed by atoms with Gasteiger partial charge in [-0.2, -0.15) is 5.26 Å². The minimum Gasteiger partial charge on any atom is -0.439 e. The molecule has 3 aromatic rings. The molecular formula is C23H17N3O4. The smallest absolute Gasteiger partial charge is 0.345 e. The molecule has 2 aliphatic rings. The number of hydrogen-bond acceptors (Lipinski definition) is 6. The third kappa shape index (κ3) is 2.02. The van der Waals surface area contributed by atoms with E-state index in [2.05, 4.69) is 0 Å². The van der Waals surface area contributed by atoms with Gasteiger partial charge in [0.25, 0.3) is 0 Å². The van der Waals surface area contributed by atoms with E-state index < -0.39 is 16.9 Å². The summed E-state index contributed by atoms with van der Waals surface area (Å²) in [4.78, 5) is 28.8. The van der Waals surface area contributed by atoms with E-state index in [4.69, 9.17) is 14.9 Å². The number of amides is 1. The molecule has 1 spiro atoms. The number of hydrogen-bond donors (Lipinski definition) is 1. The fourth-order valence-corrected chi connectivity index (χ4v) is 4.54. The minimum atomic E-state index is -1.71. The van der Waals surface area contributed by atoms with E-state index in [1.54, 1.807) is 47.4 Å². The number of carbonyl (C=O) groups excluding carboxylic acids is 1. The molecule has 0 fully saturated rings. The molecule has 3 heterocycles. The van der Waals surface area contributed by atoms with E-state index >= 15 is 0 Å². The molecule has 0 radical (unpaired) electrons. The molecule has 30 heavy (non-hydrogen) atoms. The van der Waals surface area contributed by atoms with Crippen LogP contribution in [-0.4, -0.2) is 12.5 Å². The Balaban J connectivity index is 1.99. The van der Waals surface area contributed by atoms with Gasteiger partial charge < -0.3 is 19.8 Å². The molecule has 0 saturated heterocycles. The summed E-state index contributed by atoms with van der Waals surface area (Å²) in [5.41, 5.74) is 5.10. The minimum absolute atomic E-state index is 0.0111. The Hall–Kier alpha value is -4.05. The van der Waals surface area contributed by atoms with E-state index in [9.17, 15) is 14.9 Å². The number of benzene rings is 2. The second kappa shape index (κ2) is 6.22. The van der Waals surface area contributed by atoms with Crippen molar-refractivity contribution in [1.29, 1.82) is 5.26 Å². The zero-order valence-corrected chi connectivity index (χ0v) is 16.1. The Kier molecular flexibility index (Phi) is 3.74. The number of nitrogens with zero attached hydrogens (tertiary/aromatic N) is 2. The lowest BCUT2D eigenvalue weighted by molar-refractivity contribution is -0.121. The summed E-state index contributed by atoms with van der Waals surface area (Å²) in [5, 5.41) is 10.5. The van der Waals surface area contributed by atoms with Crippen molar-refractivity contribution >= 4 is 22.6 Å². The summed E-state index contributed by atoms with van der Waals surface area (Å²) in [6.45, 7) is 2.39. The van der Waals surface area contributed by atoms with Gasteiger partial charge in [-0.25, -0.2) is 4.79 Å². The van der Waals surface area contributed by atoms with Gasteiger partial charge in [-0.15, -0.1) is 0 Å². The molecule has 5 rings (SSSR count). The molecule has 1 atom stereocenters. The molecule has 0 aliphatic carbocycles. The van der Waals surface area contributed by atoms with Gasteiger partial charge >= 0.3 is 5.63 Å². The number of ether oxygens (including phenoxy) is 1. The number of anilines is 1. The number of nitrogens with two attached hydrogens (primary N) is 1. The predicted molar refractivity (Wildman–Crippen MR) is 110 cm³/mol. The quantitative estimate of drug-likeness (QED) is 0.664. The highest BCUT2D eigenvalue weighted by molar-refractivity contribution is 6.14. The van der Waals surface area contributed by atoms with Crippen molar-refractivity contribution < 1.29 is 13.9 Å². The SMILES string of the molecule is CCCN1C(=O)[C@]2(C(C#N)=C(N)Oc3c2c(=O)oc2ccccc32)c2ccccc21. The fourth-order valence-electron chi connectivity index (χ4n) is 4.54. The van der Waals surface area contributed by atoms with E-state index in [1.807, 2.05) is 19.1 Å². The van der Waals surface area contributed by atoms with Gasteiger partial charge in [-0.05, 0) is 24.6 Å². The number of carbonyl (C=O) groups is 1. The summed E-state index contributed by atoms with van der Waals surface area (Å²) < 4.78 is 11.3. The molecular weight excluding hydrogens is 382 g/mol. The molecule has 1 amide bonds. The molecule has 7 nitrogen and oxygen atoms in total. The van der Waals surface area contributed by atoms with E-state index in [1.165, 1.54) is 0 Å². The topological polar surface area (TPSA) is 110 Å². The van der Waals surface area contributed by atoms with Gasteiger partial charge in [-0.3, -0.25) is 4.79 Å². The summed E-state index contributed by atoms with van der Waals surface area (Å²) in [5.74, 6) is -0.445. The first kappa shape index (κ1) is 18.0. The average molecular weight is 399 g/mol. The zero-order valence-electron chi connectivity index (χ0n) is 16.1. The van der Waals surface area contributed by atoms with Crippen molar-refractivity contribution in [2.75, 3.05) is 11.4 Å². The molecule has 0 saturated carbocycles. The van der Waals surface area contributed by atoms with Crippen LogP contribution in [0.5, 0.6) is 5.75 Å². The van der Waals surface area contributed by atoms with Crippen LogP contribution >= 0.6 is 0 Å². The summed E-state index contributed by atoms with van der Waals surface area (Å²) in [6, 6.07) is 16.0. The van der Waals surface area contributed by atoms with Crippen LogP contribution in [0.1, 0.15) is 24.5 Å². The second-order valence-corrected chi connectivity index (χ2v) is 7.27. The maximum atomic E-state index is 13.9. The number of para-hydroxylation sites is 2. The van der Waals surface area contributed by atoms with Crippen molar-refractivity contribution in [3.63, 3.8) is 0 Å². The first-order valence-corrected chi connectivity index (χ1v) is 9.61. The van der Waals surface area contributed by atoms with Crippen LogP contribution in [0, 0.1) is 11.3 Å². The van der Waals surface area contributed by atoms with Gasteiger partial charge in [0.2, 0.25) is 11.8 Å². The van der Waals surface area contributed by atoms with Crippen LogP contribution < -0.4 is 21.0 Å². The first-order chi connectivity index (χ1) is 14.6. The standard InChI is InChI=1S/C23H17N3O4/c1-2-11-26-16-9-5-4-8-14(16)23(22(26)28)15(12-24)20(25)30-19-13-7-3-6-10-17(13)29-21(27)18(19)23/h3-10H,2,11,25H2,1H3/t23-/m0/s1. The van der Waals surface area contributed by atoms with Crippen molar-refractivity contribution in [3.8, 4) is 11.8 Å². The average Bonchev–Trinajstić information content (AvgIpc) is 2.98. The maximum absolute atomic E-state index is 13.9. The number of nitriles is 1. The molecule has 7 heteroatoms. The second-order valence-electron chi connectivity index (χ2n) is 7.27. The van der Waals surface area contributed by atoms with E-state index in [-0.39, 0.29) is 22.8 Å². The monoisotopic (exact) mass is 399 g/mol. The zero-order chi connectivity index (χ0) is 21.0. The summed E-state index contributed by atoms with van der Waals surface area (Å²) in [7, 11) is 0. The van der Waals surface area contributed by atoms with E-state index in [0.717, 1.165) is 0 Å². The maximum Gasteiger partial charge on any atom is 0.345 e. The van der Waals surface area contributed by atoms with Crippen LogP contribution in [0.4, 0.5) is 5.69 Å². The highest BCUT2D eigenvalue weighted by Gasteiger charge is 2.61. The van der Waals surface area contributed by atoms with Crippen molar-refractivity contribution in [3.05, 3.63) is 81.5 Å². The highest BCUT2D eigenvalue weighted by atomic mass is 16.5. The van der Waals surface area contributed by atoms with Gasteiger partial charge in [0.15, 0.2) is 11.2 Å². The summed E-state index contributed by atoms with van der Waals surface area (Å²) >= 11 is 0. The normalized spacial score (nSPS) is 19.6. The van der Waals surface area contributed by atoms with Crippen molar-refractivity contribution in [2.24, 2.45) is 5.73 Å². The number of fused-ring (bicyclic) bond motifs is 6. The van der Waals surface area contributed by atoms with Gasteiger partial charge in [0.1, 0.15) is 22.8 Å². The van der Waals surface area contributed by atoms with Crippen LogP contribution in [0.15, 0.2) is 69.2 Å². The van der Waals surface area contributed by atoms with Crippen LogP contribution in [0.2, 0.25) is 0 Å². The molecule has 0 unspecified atom stereocenters. The predicted octanol–water partition coefficient (Wildman–Crippen LogP) is 2.92. The van der Waals surface area contributed by atoms with Crippen molar-refractivity contribution in [1.82, 2.24) is 0 Å². The Morgan fingerprint density at radius 1 is 1.13 bits per heavy atom. The molecule has 0 bridgehead atoms. The third-order valence-electron chi connectivity index (χ3n) is 5.70. The number of rotatable bonds is 2. The first-order valence-electron chi connectivity index (χ1n) is 9.61. The third-order valence-corrected chi connectivity index (χ3v) is 5.70. The van der Waals surface area contributed by atoms with Crippen molar-refractivity contribution in [2.45, 2.75) is 18.8 Å².